The molecule has 4 unspecified atom stereocenters. The van der Waals surface area contributed by atoms with Crippen LogP contribution in [0.15, 0.2) is 30.3 Å². The molecule has 0 bridgehead atoms. The zero-order chi connectivity index (χ0) is 21.9. The fraction of sp³-hybridized carbons (Fsp3) is 0.480. The molecule has 0 fully saturated rings. The first-order chi connectivity index (χ1) is 14.9. The predicted molar refractivity (Wildman–Crippen MR) is 119 cm³/mol. The third-order valence-electron chi connectivity index (χ3n) is 7.45. The van der Waals surface area contributed by atoms with Crippen molar-refractivity contribution < 1.29 is 23.5 Å². The van der Waals surface area contributed by atoms with E-state index in [9.17, 15) is 4.79 Å². The molecule has 164 valence electrons. The highest BCUT2D eigenvalue weighted by Gasteiger charge is 2.49. The van der Waals surface area contributed by atoms with Crippen LogP contribution in [0.3, 0.4) is 0 Å². The molecule has 3 aliphatic heterocycles. The number of anilines is 1. The number of nitrogens with zero attached hydrogens (tertiary/aromatic N) is 2. The topological polar surface area (TPSA) is 48.0 Å². The summed E-state index contributed by atoms with van der Waals surface area (Å²) in [5.41, 5.74) is 5.88. The first kappa shape index (κ1) is 20.2. The van der Waals surface area contributed by atoms with Crippen LogP contribution in [0.5, 0.6) is 11.5 Å². The van der Waals surface area contributed by atoms with Gasteiger partial charge in [0.25, 0.3) is 6.23 Å². The van der Waals surface area contributed by atoms with Gasteiger partial charge in [-0.15, -0.1) is 0 Å². The van der Waals surface area contributed by atoms with Gasteiger partial charge in [-0.1, -0.05) is 0 Å². The van der Waals surface area contributed by atoms with E-state index >= 15 is 0 Å². The second-order valence-corrected chi connectivity index (χ2v) is 9.20. The fourth-order valence-electron chi connectivity index (χ4n) is 5.62. The molecule has 3 aliphatic rings. The first-order valence-electron chi connectivity index (χ1n) is 11.1. The molecule has 31 heavy (non-hydrogen) atoms. The Bertz CT molecular complexity index is 1050. The van der Waals surface area contributed by atoms with E-state index in [0.29, 0.717) is 6.61 Å². The standard InChI is InChI=1S/C25H31N2O4/c1-6-30-25(28)22-15(2)26(3)20-9-10-21-19(23(20)22)14-27(4)12-11-16-13-17(29-5)7-8-18(16)24(27)31-21/h7-10,13,15,22,24H,6,11-12,14H2,1-5H3/q+1. The summed E-state index contributed by atoms with van der Waals surface area (Å²) >= 11 is 0. The smallest absolute Gasteiger partial charge is 0.315 e. The number of hydrogen-bond donors (Lipinski definition) is 0. The van der Waals surface area contributed by atoms with Gasteiger partial charge in [-0.05, 0) is 49.7 Å². The molecule has 0 N–H and O–H groups in total. The van der Waals surface area contributed by atoms with Crippen molar-refractivity contribution in [2.24, 2.45) is 0 Å². The summed E-state index contributed by atoms with van der Waals surface area (Å²) in [7, 11) is 6.03. The van der Waals surface area contributed by atoms with Crippen LogP contribution in [-0.4, -0.2) is 50.9 Å². The quantitative estimate of drug-likeness (QED) is 0.556. The molecule has 6 heteroatoms. The Morgan fingerprint density at radius 3 is 2.84 bits per heavy atom. The minimum Gasteiger partial charge on any atom is -0.497 e. The van der Waals surface area contributed by atoms with Crippen molar-refractivity contribution in [1.29, 1.82) is 0 Å². The normalized spacial score (nSPS) is 28.0. The van der Waals surface area contributed by atoms with Crippen molar-refractivity contribution in [3.8, 4) is 11.5 Å². The third-order valence-corrected chi connectivity index (χ3v) is 7.45. The number of carbonyl (C=O) groups is 1. The zero-order valence-corrected chi connectivity index (χ0v) is 19.0. The van der Waals surface area contributed by atoms with E-state index in [2.05, 4.69) is 50.2 Å². The Labute approximate surface area is 183 Å². The molecule has 2 aromatic rings. The summed E-state index contributed by atoms with van der Waals surface area (Å²) in [5.74, 6) is 1.34. The zero-order valence-electron chi connectivity index (χ0n) is 19.0. The number of rotatable bonds is 3. The van der Waals surface area contributed by atoms with Crippen LogP contribution in [0.25, 0.3) is 0 Å². The van der Waals surface area contributed by atoms with E-state index in [-0.39, 0.29) is 24.2 Å². The molecular formula is C25H31N2O4+. The fourth-order valence-corrected chi connectivity index (χ4v) is 5.62. The summed E-state index contributed by atoms with van der Waals surface area (Å²) in [4.78, 5) is 15.1. The van der Waals surface area contributed by atoms with Gasteiger partial charge in [-0.2, -0.15) is 0 Å². The molecule has 0 saturated heterocycles. The maximum absolute atomic E-state index is 12.9. The number of carbonyl (C=O) groups excluding carboxylic acids is 1. The molecule has 3 heterocycles. The number of hydrogen-bond acceptors (Lipinski definition) is 5. The highest BCUT2D eigenvalue weighted by atomic mass is 16.5. The lowest BCUT2D eigenvalue weighted by molar-refractivity contribution is -0.975. The van der Waals surface area contributed by atoms with E-state index in [1.807, 2.05) is 13.0 Å². The second-order valence-electron chi connectivity index (χ2n) is 9.20. The first-order valence-corrected chi connectivity index (χ1v) is 11.1. The minimum absolute atomic E-state index is 0.0538. The lowest BCUT2D eigenvalue weighted by Crippen LogP contribution is -2.54. The Hall–Kier alpha value is -2.73. The number of esters is 1. The maximum Gasteiger partial charge on any atom is 0.315 e. The van der Waals surface area contributed by atoms with Gasteiger partial charge in [-0.25, -0.2) is 0 Å². The van der Waals surface area contributed by atoms with Crippen molar-refractivity contribution in [3.63, 3.8) is 0 Å². The van der Waals surface area contributed by atoms with Gasteiger partial charge >= 0.3 is 5.97 Å². The Balaban J connectivity index is 1.60. The van der Waals surface area contributed by atoms with E-state index in [4.69, 9.17) is 14.2 Å². The van der Waals surface area contributed by atoms with Crippen LogP contribution in [0.2, 0.25) is 0 Å². The molecule has 0 amide bonds. The van der Waals surface area contributed by atoms with Gasteiger partial charge in [0.2, 0.25) is 0 Å². The molecule has 0 aromatic heterocycles. The molecule has 2 aromatic carbocycles. The summed E-state index contributed by atoms with van der Waals surface area (Å²) < 4.78 is 18.4. The average Bonchev–Trinajstić information content (AvgIpc) is 3.02. The summed E-state index contributed by atoms with van der Waals surface area (Å²) in [6.07, 6.45) is 0.919. The lowest BCUT2D eigenvalue weighted by Gasteiger charge is -2.48. The van der Waals surface area contributed by atoms with Gasteiger partial charge in [0.15, 0.2) is 0 Å². The Morgan fingerprint density at radius 1 is 1.29 bits per heavy atom. The molecule has 0 saturated carbocycles. The summed E-state index contributed by atoms with van der Waals surface area (Å²) in [6.45, 7) is 6.17. The monoisotopic (exact) mass is 423 g/mol. The average molecular weight is 424 g/mol. The Kier molecular flexibility index (Phi) is 4.66. The van der Waals surface area contributed by atoms with Crippen molar-refractivity contribution >= 4 is 11.7 Å². The van der Waals surface area contributed by atoms with E-state index in [1.54, 1.807) is 7.11 Å². The van der Waals surface area contributed by atoms with Crippen LogP contribution >= 0.6 is 0 Å². The highest BCUT2D eigenvalue weighted by molar-refractivity contribution is 5.87. The van der Waals surface area contributed by atoms with Crippen molar-refractivity contribution in [2.45, 2.75) is 45.0 Å². The number of fused-ring (bicyclic) bond motifs is 6. The predicted octanol–water partition coefficient (Wildman–Crippen LogP) is 3.77. The molecule has 6 nitrogen and oxygen atoms in total. The van der Waals surface area contributed by atoms with Gasteiger partial charge in [0.1, 0.15) is 24.0 Å². The van der Waals surface area contributed by atoms with E-state index < -0.39 is 0 Å². The van der Waals surface area contributed by atoms with Crippen molar-refractivity contribution in [2.75, 3.05) is 39.3 Å². The molecular weight excluding hydrogens is 392 g/mol. The third kappa shape index (κ3) is 2.92. The van der Waals surface area contributed by atoms with Gasteiger partial charge in [-0.3, -0.25) is 9.28 Å². The number of benzene rings is 2. The molecule has 0 spiro atoms. The molecule has 0 aliphatic carbocycles. The summed E-state index contributed by atoms with van der Waals surface area (Å²) in [5, 5.41) is 0. The largest absolute Gasteiger partial charge is 0.497 e. The van der Waals surface area contributed by atoms with E-state index in [0.717, 1.165) is 52.3 Å². The second kappa shape index (κ2) is 7.16. The van der Waals surface area contributed by atoms with Crippen LogP contribution in [-0.2, 0) is 22.5 Å². The van der Waals surface area contributed by atoms with Gasteiger partial charge in [0, 0.05) is 30.8 Å². The molecule has 4 atom stereocenters. The van der Waals surface area contributed by atoms with Crippen LogP contribution in [0.4, 0.5) is 5.69 Å². The van der Waals surface area contributed by atoms with Crippen LogP contribution in [0.1, 0.15) is 48.2 Å². The van der Waals surface area contributed by atoms with Gasteiger partial charge in [0.05, 0.1) is 38.4 Å². The van der Waals surface area contributed by atoms with Crippen molar-refractivity contribution in [3.05, 3.63) is 52.6 Å². The molecule has 5 rings (SSSR count). The minimum atomic E-state index is -0.289. The maximum atomic E-state index is 12.9. The SMILES string of the molecule is CCOC(=O)C1c2c(ccc3c2C[N+]2(C)CCc4cc(OC)ccc4C2O3)N(C)C1C. The van der Waals surface area contributed by atoms with E-state index in [1.165, 1.54) is 11.1 Å². The van der Waals surface area contributed by atoms with Crippen LogP contribution in [0, 0.1) is 0 Å². The number of quaternary nitrogens is 1. The Morgan fingerprint density at radius 2 is 2.10 bits per heavy atom. The number of likely N-dealkylation sites (N-methyl/N-ethyl adjacent to an activating group) is 2. The van der Waals surface area contributed by atoms with Gasteiger partial charge < -0.3 is 19.1 Å². The van der Waals surface area contributed by atoms with Crippen molar-refractivity contribution in [1.82, 2.24) is 0 Å². The highest BCUT2D eigenvalue weighted by Crippen LogP contribution is 2.51. The summed E-state index contributed by atoms with van der Waals surface area (Å²) in [6, 6.07) is 10.5. The number of methoxy groups -OCH3 is 1. The lowest BCUT2D eigenvalue weighted by atomic mass is 9.88. The van der Waals surface area contributed by atoms with Crippen LogP contribution < -0.4 is 14.4 Å². The molecule has 0 radical (unpaired) electrons. The number of ether oxygens (including phenoxy) is 3.